The summed E-state index contributed by atoms with van der Waals surface area (Å²) in [4.78, 5) is 25.5. The Kier molecular flexibility index (Phi) is 4.58. The highest BCUT2D eigenvalue weighted by molar-refractivity contribution is 5.85. The molecule has 5 heteroatoms. The first-order chi connectivity index (χ1) is 8.72. The van der Waals surface area contributed by atoms with Crippen LogP contribution in [0.25, 0.3) is 0 Å². The Hall–Kier alpha value is -1.10. The van der Waals surface area contributed by atoms with E-state index in [0.717, 1.165) is 38.8 Å². The predicted molar refractivity (Wildman–Crippen MR) is 67.0 cm³/mol. The van der Waals surface area contributed by atoms with E-state index >= 15 is 0 Å². The van der Waals surface area contributed by atoms with E-state index < -0.39 is 0 Å². The zero-order valence-electron chi connectivity index (χ0n) is 11.0. The second kappa shape index (κ2) is 6.18. The van der Waals surface area contributed by atoms with E-state index in [2.05, 4.69) is 5.32 Å². The minimum absolute atomic E-state index is 0.108. The second-order valence-electron chi connectivity index (χ2n) is 5.18. The molecule has 0 radical (unpaired) electrons. The Morgan fingerprint density at radius 1 is 1.33 bits per heavy atom. The molecule has 0 saturated carbocycles. The van der Waals surface area contributed by atoms with Crippen molar-refractivity contribution in [3.05, 3.63) is 0 Å². The molecule has 2 rings (SSSR count). The van der Waals surface area contributed by atoms with E-state index in [1.807, 2.05) is 0 Å². The molecule has 1 amide bonds. The Labute approximate surface area is 108 Å². The molecule has 2 fully saturated rings. The topological polar surface area (TPSA) is 58.6 Å². The zero-order valence-corrected chi connectivity index (χ0v) is 11.0. The van der Waals surface area contributed by atoms with Crippen molar-refractivity contribution in [2.24, 2.45) is 5.92 Å². The molecule has 0 aromatic carbocycles. The van der Waals surface area contributed by atoms with E-state index in [-0.39, 0.29) is 17.9 Å². The number of hydrogen-bond donors (Lipinski definition) is 1. The molecule has 0 spiro atoms. The van der Waals surface area contributed by atoms with Gasteiger partial charge in [-0.3, -0.25) is 4.79 Å². The summed E-state index contributed by atoms with van der Waals surface area (Å²) in [5.41, 5.74) is 0. The van der Waals surface area contributed by atoms with Crippen LogP contribution in [0.2, 0.25) is 0 Å². The standard InChI is InChI=1S/C13H22N2O3/c1-18-13(17)11-5-3-7-15(11)12(16)8-10-4-2-6-14-9-10/h10-11,14H,2-9H2,1H3. The average Bonchev–Trinajstić information content (AvgIpc) is 2.88. The molecular formula is C13H22N2O3. The van der Waals surface area contributed by atoms with Crippen molar-refractivity contribution in [1.29, 1.82) is 0 Å². The molecule has 102 valence electrons. The lowest BCUT2D eigenvalue weighted by Crippen LogP contribution is -2.43. The van der Waals surface area contributed by atoms with Gasteiger partial charge in [-0.1, -0.05) is 0 Å². The quantitative estimate of drug-likeness (QED) is 0.747. The third kappa shape index (κ3) is 3.02. The van der Waals surface area contributed by atoms with Crippen LogP contribution in [0, 0.1) is 5.92 Å². The maximum Gasteiger partial charge on any atom is 0.328 e. The molecular weight excluding hydrogens is 232 g/mol. The van der Waals surface area contributed by atoms with Crippen LogP contribution in [-0.4, -0.2) is 49.6 Å². The first-order valence-electron chi connectivity index (χ1n) is 6.80. The molecule has 1 N–H and O–H groups in total. The smallest absolute Gasteiger partial charge is 0.328 e. The number of rotatable bonds is 3. The second-order valence-corrected chi connectivity index (χ2v) is 5.18. The number of nitrogens with one attached hydrogen (secondary N) is 1. The minimum Gasteiger partial charge on any atom is -0.467 e. The highest BCUT2D eigenvalue weighted by atomic mass is 16.5. The van der Waals surface area contributed by atoms with E-state index in [0.29, 0.717) is 18.9 Å². The van der Waals surface area contributed by atoms with Gasteiger partial charge in [0.15, 0.2) is 0 Å². The number of carbonyl (C=O) groups is 2. The first kappa shape index (κ1) is 13.3. The molecule has 2 aliphatic rings. The fourth-order valence-corrected chi connectivity index (χ4v) is 2.91. The number of carbonyl (C=O) groups excluding carboxylic acids is 2. The zero-order chi connectivity index (χ0) is 13.0. The fraction of sp³-hybridized carbons (Fsp3) is 0.846. The van der Waals surface area contributed by atoms with Gasteiger partial charge in [0.05, 0.1) is 7.11 Å². The molecule has 2 unspecified atom stereocenters. The maximum atomic E-state index is 12.2. The number of hydrogen-bond acceptors (Lipinski definition) is 4. The Morgan fingerprint density at radius 3 is 2.83 bits per heavy atom. The summed E-state index contributed by atoms with van der Waals surface area (Å²) in [7, 11) is 1.38. The van der Waals surface area contributed by atoms with Gasteiger partial charge in [0, 0.05) is 13.0 Å². The van der Waals surface area contributed by atoms with E-state index in [9.17, 15) is 9.59 Å². The lowest BCUT2D eigenvalue weighted by atomic mass is 9.95. The number of nitrogens with zero attached hydrogens (tertiary/aromatic N) is 1. The van der Waals surface area contributed by atoms with Crippen molar-refractivity contribution in [1.82, 2.24) is 10.2 Å². The minimum atomic E-state index is -0.348. The van der Waals surface area contributed by atoms with Crippen LogP contribution in [0.3, 0.4) is 0 Å². The number of likely N-dealkylation sites (tertiary alicyclic amines) is 1. The SMILES string of the molecule is COC(=O)C1CCCN1C(=O)CC1CCCNC1. The summed E-state index contributed by atoms with van der Waals surface area (Å²) < 4.78 is 4.76. The van der Waals surface area contributed by atoms with Gasteiger partial charge in [0.25, 0.3) is 0 Å². The number of piperidine rings is 1. The highest BCUT2D eigenvalue weighted by Gasteiger charge is 2.35. The molecule has 2 aliphatic heterocycles. The molecule has 2 saturated heterocycles. The molecule has 0 aromatic heterocycles. The third-order valence-electron chi connectivity index (χ3n) is 3.91. The van der Waals surface area contributed by atoms with Gasteiger partial charge in [-0.05, 0) is 44.7 Å². The lowest BCUT2D eigenvalue weighted by molar-refractivity contribution is -0.151. The molecule has 0 bridgehead atoms. The fourth-order valence-electron chi connectivity index (χ4n) is 2.91. The summed E-state index contributed by atoms with van der Waals surface area (Å²) in [6, 6.07) is -0.348. The number of esters is 1. The third-order valence-corrected chi connectivity index (χ3v) is 3.91. The van der Waals surface area contributed by atoms with E-state index in [4.69, 9.17) is 4.74 Å². The van der Waals surface area contributed by atoms with Crippen LogP contribution in [0.1, 0.15) is 32.1 Å². The van der Waals surface area contributed by atoms with E-state index in [1.165, 1.54) is 7.11 Å². The van der Waals surface area contributed by atoms with E-state index in [1.54, 1.807) is 4.90 Å². The van der Waals surface area contributed by atoms with Crippen molar-refractivity contribution in [3.63, 3.8) is 0 Å². The van der Waals surface area contributed by atoms with Crippen molar-refractivity contribution in [2.45, 2.75) is 38.1 Å². The van der Waals surface area contributed by atoms with Gasteiger partial charge in [-0.15, -0.1) is 0 Å². The summed E-state index contributed by atoms with van der Waals surface area (Å²) in [5.74, 6) is 0.254. The summed E-state index contributed by atoms with van der Waals surface area (Å²) in [5, 5.41) is 3.31. The van der Waals surface area contributed by atoms with Crippen molar-refractivity contribution >= 4 is 11.9 Å². The summed E-state index contributed by atoms with van der Waals surface area (Å²) in [6.45, 7) is 2.67. The van der Waals surface area contributed by atoms with Crippen LogP contribution in [0.4, 0.5) is 0 Å². The van der Waals surface area contributed by atoms with Crippen LogP contribution >= 0.6 is 0 Å². The van der Waals surface area contributed by atoms with Gasteiger partial charge in [-0.2, -0.15) is 0 Å². The van der Waals surface area contributed by atoms with Crippen LogP contribution in [0.5, 0.6) is 0 Å². The Bertz CT molecular complexity index is 313. The van der Waals surface area contributed by atoms with Gasteiger partial charge in [0.2, 0.25) is 5.91 Å². The first-order valence-corrected chi connectivity index (χ1v) is 6.80. The Balaban J connectivity index is 1.89. The molecule has 18 heavy (non-hydrogen) atoms. The number of ether oxygens (including phenoxy) is 1. The van der Waals surface area contributed by atoms with Gasteiger partial charge in [-0.25, -0.2) is 4.79 Å². The largest absolute Gasteiger partial charge is 0.467 e. The summed E-state index contributed by atoms with van der Waals surface area (Å²) >= 11 is 0. The number of amides is 1. The molecule has 2 atom stereocenters. The molecule has 5 nitrogen and oxygen atoms in total. The number of methoxy groups -OCH3 is 1. The van der Waals surface area contributed by atoms with Gasteiger partial charge < -0.3 is 15.0 Å². The monoisotopic (exact) mass is 254 g/mol. The van der Waals surface area contributed by atoms with Gasteiger partial charge in [0.1, 0.15) is 6.04 Å². The maximum absolute atomic E-state index is 12.2. The van der Waals surface area contributed by atoms with Crippen LogP contribution in [0.15, 0.2) is 0 Å². The van der Waals surface area contributed by atoms with Crippen molar-refractivity contribution in [3.8, 4) is 0 Å². The molecule has 0 aliphatic carbocycles. The molecule has 0 aromatic rings. The average molecular weight is 254 g/mol. The lowest BCUT2D eigenvalue weighted by Gasteiger charge is -2.27. The molecule has 2 heterocycles. The van der Waals surface area contributed by atoms with Crippen molar-refractivity contribution in [2.75, 3.05) is 26.7 Å². The Morgan fingerprint density at radius 2 is 2.17 bits per heavy atom. The van der Waals surface area contributed by atoms with Crippen molar-refractivity contribution < 1.29 is 14.3 Å². The highest BCUT2D eigenvalue weighted by Crippen LogP contribution is 2.22. The normalized spacial score (nSPS) is 28.2. The van der Waals surface area contributed by atoms with Crippen LogP contribution in [-0.2, 0) is 14.3 Å². The van der Waals surface area contributed by atoms with Crippen LogP contribution < -0.4 is 5.32 Å². The predicted octanol–water partition coefficient (Wildman–Crippen LogP) is 0.540. The summed E-state index contributed by atoms with van der Waals surface area (Å²) in [6.07, 6.45) is 4.43. The van der Waals surface area contributed by atoms with Gasteiger partial charge >= 0.3 is 5.97 Å².